The van der Waals surface area contributed by atoms with Crippen LogP contribution in [0, 0.1) is 6.92 Å². The molecule has 1 aromatic carbocycles. The van der Waals surface area contributed by atoms with Crippen molar-refractivity contribution in [1.82, 2.24) is 15.3 Å². The normalized spacial score (nSPS) is 12.0. The van der Waals surface area contributed by atoms with E-state index in [0.717, 1.165) is 73.4 Å². The molecule has 1 heterocycles. The number of nitrogens with zero attached hydrogens (tertiary/aromatic N) is 2. The number of aryl methyl sites for hydroxylation is 1. The van der Waals surface area contributed by atoms with Crippen LogP contribution in [-0.4, -0.2) is 45.3 Å². The Morgan fingerprint density at radius 1 is 1.12 bits per heavy atom. The molecule has 0 saturated heterocycles. The standard InChI is InChI=1S/C24H37N5O3/c1-3-4-6-20(12-14-30)28-23-21(17(2)27-24(25)29-23)7-5-13-26-16-19-10-8-18(9-11-19)15-22(31)32/h8-11,20,26,30H,3-7,12-16H2,1-2H3,(H,31,32)(H3,25,27,28,29). The summed E-state index contributed by atoms with van der Waals surface area (Å²) in [6.45, 7) is 5.81. The maximum absolute atomic E-state index is 10.8. The first-order valence-electron chi connectivity index (χ1n) is 11.4. The van der Waals surface area contributed by atoms with E-state index in [9.17, 15) is 9.90 Å². The quantitative estimate of drug-likeness (QED) is 0.265. The predicted molar refractivity (Wildman–Crippen MR) is 128 cm³/mol. The predicted octanol–water partition coefficient (Wildman–Crippen LogP) is 3.07. The lowest BCUT2D eigenvalue weighted by molar-refractivity contribution is -0.136. The summed E-state index contributed by atoms with van der Waals surface area (Å²) in [5.41, 5.74) is 9.78. The average molecular weight is 444 g/mol. The zero-order valence-corrected chi connectivity index (χ0v) is 19.2. The van der Waals surface area contributed by atoms with E-state index in [1.54, 1.807) is 0 Å². The van der Waals surface area contributed by atoms with E-state index in [-0.39, 0.29) is 25.0 Å². The minimum Gasteiger partial charge on any atom is -0.481 e. The first kappa shape index (κ1) is 25.5. The number of carbonyl (C=O) groups is 1. The minimum absolute atomic E-state index is 0.0463. The minimum atomic E-state index is -0.820. The molecule has 6 N–H and O–H groups in total. The van der Waals surface area contributed by atoms with Gasteiger partial charge >= 0.3 is 5.97 Å². The van der Waals surface area contributed by atoms with E-state index in [1.165, 1.54) is 0 Å². The molecule has 0 saturated carbocycles. The van der Waals surface area contributed by atoms with E-state index < -0.39 is 5.97 Å². The fourth-order valence-corrected chi connectivity index (χ4v) is 3.70. The summed E-state index contributed by atoms with van der Waals surface area (Å²) in [4.78, 5) is 19.6. The fraction of sp³-hybridized carbons (Fsp3) is 0.542. The van der Waals surface area contributed by atoms with E-state index in [0.29, 0.717) is 6.42 Å². The monoisotopic (exact) mass is 443 g/mol. The second-order valence-electron chi connectivity index (χ2n) is 8.16. The number of hydrogen-bond acceptors (Lipinski definition) is 7. The number of carboxylic acids is 1. The number of aromatic nitrogens is 2. The lowest BCUT2D eigenvalue weighted by atomic mass is 10.0. The van der Waals surface area contributed by atoms with Gasteiger partial charge in [0, 0.05) is 30.5 Å². The number of aliphatic carboxylic acids is 1. The van der Waals surface area contributed by atoms with Crippen molar-refractivity contribution in [1.29, 1.82) is 0 Å². The van der Waals surface area contributed by atoms with Gasteiger partial charge in [-0.1, -0.05) is 44.0 Å². The molecule has 32 heavy (non-hydrogen) atoms. The molecule has 1 unspecified atom stereocenters. The van der Waals surface area contributed by atoms with Crippen LogP contribution in [0.4, 0.5) is 11.8 Å². The lowest BCUT2D eigenvalue weighted by Crippen LogP contribution is -2.24. The Labute approximate surface area is 190 Å². The summed E-state index contributed by atoms with van der Waals surface area (Å²) >= 11 is 0. The van der Waals surface area contributed by atoms with Crippen molar-refractivity contribution in [3.8, 4) is 0 Å². The molecule has 0 aliphatic carbocycles. The molecule has 1 atom stereocenters. The van der Waals surface area contributed by atoms with Crippen molar-refractivity contribution in [2.24, 2.45) is 0 Å². The highest BCUT2D eigenvalue weighted by atomic mass is 16.4. The summed E-state index contributed by atoms with van der Waals surface area (Å²) in [5.74, 6) is 0.217. The van der Waals surface area contributed by atoms with Crippen LogP contribution in [-0.2, 0) is 24.2 Å². The molecule has 1 aromatic heterocycles. The van der Waals surface area contributed by atoms with E-state index in [2.05, 4.69) is 27.5 Å². The van der Waals surface area contributed by atoms with Gasteiger partial charge in [-0.05, 0) is 50.3 Å². The Bertz CT molecular complexity index is 842. The Morgan fingerprint density at radius 2 is 1.84 bits per heavy atom. The summed E-state index contributed by atoms with van der Waals surface area (Å²) in [7, 11) is 0. The van der Waals surface area contributed by atoms with Crippen molar-refractivity contribution < 1.29 is 15.0 Å². The molecule has 0 aliphatic heterocycles. The SMILES string of the molecule is CCCCC(CCO)Nc1nc(N)nc(C)c1CCCNCc1ccc(CC(=O)O)cc1. The first-order chi connectivity index (χ1) is 15.4. The van der Waals surface area contributed by atoms with Crippen LogP contribution in [0.1, 0.15) is 61.4 Å². The average Bonchev–Trinajstić information content (AvgIpc) is 2.74. The number of aliphatic hydroxyl groups excluding tert-OH is 1. The highest BCUT2D eigenvalue weighted by Gasteiger charge is 2.15. The zero-order chi connectivity index (χ0) is 23.3. The van der Waals surface area contributed by atoms with Gasteiger partial charge in [0.2, 0.25) is 5.95 Å². The maximum Gasteiger partial charge on any atom is 0.307 e. The second-order valence-corrected chi connectivity index (χ2v) is 8.16. The fourth-order valence-electron chi connectivity index (χ4n) is 3.70. The highest BCUT2D eigenvalue weighted by Crippen LogP contribution is 2.22. The number of benzene rings is 1. The van der Waals surface area contributed by atoms with Crippen LogP contribution >= 0.6 is 0 Å². The van der Waals surface area contributed by atoms with E-state index >= 15 is 0 Å². The van der Waals surface area contributed by atoms with Gasteiger partial charge in [0.25, 0.3) is 0 Å². The zero-order valence-electron chi connectivity index (χ0n) is 19.2. The Balaban J connectivity index is 1.89. The number of carboxylic acid groups (broad SMARTS) is 1. The number of rotatable bonds is 15. The molecular weight excluding hydrogens is 406 g/mol. The Morgan fingerprint density at radius 3 is 2.50 bits per heavy atom. The Kier molecular flexibility index (Phi) is 10.9. The lowest BCUT2D eigenvalue weighted by Gasteiger charge is -2.21. The van der Waals surface area contributed by atoms with Gasteiger partial charge in [0.15, 0.2) is 0 Å². The van der Waals surface area contributed by atoms with Gasteiger partial charge in [0.05, 0.1) is 6.42 Å². The summed E-state index contributed by atoms with van der Waals surface area (Å²) < 4.78 is 0. The molecule has 0 bridgehead atoms. The van der Waals surface area contributed by atoms with Crippen molar-refractivity contribution in [3.63, 3.8) is 0 Å². The third-order valence-electron chi connectivity index (χ3n) is 5.44. The number of nitrogens with two attached hydrogens (primary N) is 1. The third-order valence-corrected chi connectivity index (χ3v) is 5.44. The van der Waals surface area contributed by atoms with Crippen molar-refractivity contribution in [2.75, 3.05) is 24.2 Å². The molecule has 0 spiro atoms. The van der Waals surface area contributed by atoms with Crippen LogP contribution in [0.3, 0.4) is 0 Å². The molecule has 0 aliphatic rings. The summed E-state index contributed by atoms with van der Waals surface area (Å²) in [6, 6.07) is 7.81. The molecule has 8 nitrogen and oxygen atoms in total. The second kappa shape index (κ2) is 13.6. The van der Waals surface area contributed by atoms with Crippen LogP contribution in [0.25, 0.3) is 0 Å². The molecule has 0 amide bonds. The number of nitrogen functional groups attached to an aromatic ring is 1. The number of unbranched alkanes of at least 4 members (excludes halogenated alkanes) is 1. The molecule has 2 rings (SSSR count). The largest absolute Gasteiger partial charge is 0.481 e. The molecule has 8 heteroatoms. The van der Waals surface area contributed by atoms with Crippen LogP contribution < -0.4 is 16.4 Å². The van der Waals surface area contributed by atoms with Gasteiger partial charge in [-0.15, -0.1) is 0 Å². The van der Waals surface area contributed by atoms with Crippen LogP contribution in [0.15, 0.2) is 24.3 Å². The molecule has 0 radical (unpaired) electrons. The smallest absolute Gasteiger partial charge is 0.307 e. The van der Waals surface area contributed by atoms with Crippen LogP contribution in [0.2, 0.25) is 0 Å². The van der Waals surface area contributed by atoms with Crippen molar-refractivity contribution >= 4 is 17.7 Å². The van der Waals surface area contributed by atoms with Gasteiger partial charge in [-0.25, -0.2) is 4.98 Å². The van der Waals surface area contributed by atoms with Gasteiger partial charge in [-0.2, -0.15) is 4.98 Å². The molecular formula is C24H37N5O3. The third kappa shape index (κ3) is 8.80. The number of anilines is 2. The highest BCUT2D eigenvalue weighted by molar-refractivity contribution is 5.70. The van der Waals surface area contributed by atoms with Crippen LogP contribution in [0.5, 0.6) is 0 Å². The van der Waals surface area contributed by atoms with Gasteiger partial charge in [0.1, 0.15) is 5.82 Å². The van der Waals surface area contributed by atoms with Crippen molar-refractivity contribution in [2.45, 2.75) is 71.4 Å². The first-order valence-corrected chi connectivity index (χ1v) is 11.4. The van der Waals surface area contributed by atoms with E-state index in [4.69, 9.17) is 10.8 Å². The van der Waals surface area contributed by atoms with Gasteiger partial charge < -0.3 is 26.6 Å². The van der Waals surface area contributed by atoms with Gasteiger partial charge in [-0.3, -0.25) is 4.79 Å². The van der Waals surface area contributed by atoms with E-state index in [1.807, 2.05) is 31.2 Å². The Hall–Kier alpha value is -2.71. The topological polar surface area (TPSA) is 133 Å². The molecule has 176 valence electrons. The number of aliphatic hydroxyl groups is 1. The maximum atomic E-state index is 10.8. The number of hydrogen-bond donors (Lipinski definition) is 5. The summed E-state index contributed by atoms with van der Waals surface area (Å²) in [6.07, 6.45) is 5.63. The number of nitrogens with one attached hydrogen (secondary N) is 2. The van der Waals surface area contributed by atoms with Crippen molar-refractivity contribution in [3.05, 3.63) is 46.6 Å². The molecule has 2 aromatic rings. The molecule has 0 fully saturated rings. The summed E-state index contributed by atoms with van der Waals surface area (Å²) in [5, 5.41) is 25.2.